The van der Waals surface area contributed by atoms with Crippen LogP contribution in [0.15, 0.2) is 32.7 Å². The maximum atomic E-state index is 13.7. The number of hydrogen-bond acceptors (Lipinski definition) is 7. The van der Waals surface area contributed by atoms with Gasteiger partial charge in [-0.3, -0.25) is 0 Å². The maximum Gasteiger partial charge on any atom is 0.396 e. The smallest absolute Gasteiger partial charge is 0.396 e. The molecule has 1 aromatic carbocycles. The number of carbonyl (C=O) groups excluding carboxylic acids is 1. The highest BCUT2D eigenvalue weighted by atomic mass is 32.2. The number of ether oxygens (including phenoxy) is 1. The van der Waals surface area contributed by atoms with Crippen LogP contribution in [0.2, 0.25) is 0 Å². The van der Waals surface area contributed by atoms with Crippen LogP contribution >= 0.6 is 11.8 Å². The summed E-state index contributed by atoms with van der Waals surface area (Å²) >= 11 is 0.857. The Kier molecular flexibility index (Phi) is 4.32. The summed E-state index contributed by atoms with van der Waals surface area (Å²) in [6.45, 7) is 1.84. The molecule has 6 nitrogen and oxygen atoms in total. The van der Waals surface area contributed by atoms with Crippen LogP contribution in [-0.4, -0.2) is 22.8 Å². The van der Waals surface area contributed by atoms with Crippen LogP contribution in [-0.2, 0) is 4.74 Å². The number of aromatic nitrogens is 2. The van der Waals surface area contributed by atoms with Gasteiger partial charge in [-0.05, 0) is 36.9 Å². The summed E-state index contributed by atoms with van der Waals surface area (Å²) in [5.74, 6) is -1.60. The van der Waals surface area contributed by atoms with Crippen molar-refractivity contribution in [2.75, 3.05) is 6.61 Å². The molecule has 2 rings (SSSR count). The summed E-state index contributed by atoms with van der Waals surface area (Å²) in [5, 5.41) is 15.8. The zero-order chi connectivity index (χ0) is 14.5. The largest absolute Gasteiger partial charge is 0.459 e. The van der Waals surface area contributed by atoms with Crippen LogP contribution in [0.3, 0.4) is 0 Å². The molecular formula is C12H8FN3O3S. The zero-order valence-corrected chi connectivity index (χ0v) is 11.1. The standard InChI is InChI=1S/C12H8FN3O3S/c1-2-18-11(17)10-15-16-12(19-10)20-9-4-3-7(6-14)5-8(9)13/h3-5H,2H2,1H3. The topological polar surface area (TPSA) is 89.0 Å². The van der Waals surface area contributed by atoms with Gasteiger partial charge < -0.3 is 9.15 Å². The Morgan fingerprint density at radius 3 is 3.00 bits per heavy atom. The average Bonchev–Trinajstić information content (AvgIpc) is 2.90. The molecule has 0 bridgehead atoms. The molecule has 0 saturated heterocycles. The number of halogens is 1. The molecular weight excluding hydrogens is 285 g/mol. The molecule has 0 N–H and O–H groups in total. The summed E-state index contributed by atoms with van der Waals surface area (Å²) in [6.07, 6.45) is 0. The maximum absolute atomic E-state index is 13.7. The molecule has 0 spiro atoms. The van der Waals surface area contributed by atoms with Gasteiger partial charge in [-0.15, -0.1) is 5.10 Å². The molecule has 0 radical (unpaired) electrons. The fraction of sp³-hybridized carbons (Fsp3) is 0.167. The van der Waals surface area contributed by atoms with Crippen molar-refractivity contribution < 1.29 is 18.3 Å². The van der Waals surface area contributed by atoms with Gasteiger partial charge in [0.15, 0.2) is 0 Å². The molecule has 0 unspecified atom stereocenters. The van der Waals surface area contributed by atoms with Crippen molar-refractivity contribution in [3.05, 3.63) is 35.5 Å². The van der Waals surface area contributed by atoms with Gasteiger partial charge in [0.25, 0.3) is 5.22 Å². The Balaban J connectivity index is 2.15. The van der Waals surface area contributed by atoms with E-state index in [-0.39, 0.29) is 28.2 Å². The highest BCUT2D eigenvalue weighted by molar-refractivity contribution is 7.99. The van der Waals surface area contributed by atoms with Crippen molar-refractivity contribution in [3.63, 3.8) is 0 Å². The van der Waals surface area contributed by atoms with E-state index in [9.17, 15) is 9.18 Å². The van der Waals surface area contributed by atoms with E-state index in [1.807, 2.05) is 6.07 Å². The summed E-state index contributed by atoms with van der Waals surface area (Å²) < 4.78 is 23.4. The van der Waals surface area contributed by atoms with Gasteiger partial charge in [0.2, 0.25) is 0 Å². The lowest BCUT2D eigenvalue weighted by Gasteiger charge is -1.99. The minimum atomic E-state index is -0.729. The molecule has 0 amide bonds. The highest BCUT2D eigenvalue weighted by Crippen LogP contribution is 2.29. The predicted octanol–water partition coefficient (Wildman–Crippen LogP) is 2.41. The summed E-state index contributed by atoms with van der Waals surface area (Å²) in [6, 6.07) is 5.82. The fourth-order valence-electron chi connectivity index (χ4n) is 1.27. The van der Waals surface area contributed by atoms with E-state index < -0.39 is 11.8 Å². The van der Waals surface area contributed by atoms with Crippen molar-refractivity contribution in [3.8, 4) is 6.07 Å². The molecule has 0 aliphatic carbocycles. The Bertz CT molecular complexity index is 681. The number of esters is 1. The van der Waals surface area contributed by atoms with Crippen LogP contribution < -0.4 is 0 Å². The van der Waals surface area contributed by atoms with Crippen LogP contribution in [0.1, 0.15) is 23.2 Å². The second-order valence-electron chi connectivity index (χ2n) is 3.45. The molecule has 0 atom stereocenters. The van der Waals surface area contributed by atoms with E-state index in [1.54, 1.807) is 6.92 Å². The van der Waals surface area contributed by atoms with Crippen molar-refractivity contribution in [1.82, 2.24) is 10.2 Å². The summed E-state index contributed by atoms with van der Waals surface area (Å²) in [5.41, 5.74) is 0.213. The Morgan fingerprint density at radius 2 is 2.35 bits per heavy atom. The normalized spacial score (nSPS) is 10.1. The lowest BCUT2D eigenvalue weighted by Crippen LogP contribution is -2.04. The third-order valence-corrected chi connectivity index (χ3v) is 3.01. The summed E-state index contributed by atoms with van der Waals surface area (Å²) in [7, 11) is 0. The number of hydrogen-bond donors (Lipinski definition) is 0. The van der Waals surface area contributed by atoms with Crippen LogP contribution in [0.5, 0.6) is 0 Å². The molecule has 0 saturated carbocycles. The van der Waals surface area contributed by atoms with E-state index >= 15 is 0 Å². The van der Waals surface area contributed by atoms with Gasteiger partial charge in [-0.1, -0.05) is 5.10 Å². The summed E-state index contributed by atoms with van der Waals surface area (Å²) in [4.78, 5) is 11.5. The Morgan fingerprint density at radius 1 is 1.55 bits per heavy atom. The first-order valence-electron chi connectivity index (χ1n) is 5.52. The predicted molar refractivity (Wildman–Crippen MR) is 65.5 cm³/mol. The Hall–Kier alpha value is -2.40. The highest BCUT2D eigenvalue weighted by Gasteiger charge is 2.17. The van der Waals surface area contributed by atoms with Gasteiger partial charge in [0.1, 0.15) is 5.82 Å². The molecule has 1 heterocycles. The van der Waals surface area contributed by atoms with Crippen molar-refractivity contribution >= 4 is 17.7 Å². The van der Waals surface area contributed by atoms with Gasteiger partial charge >= 0.3 is 11.9 Å². The molecule has 0 aliphatic rings. The number of carbonyl (C=O) groups is 1. The van der Waals surface area contributed by atoms with Gasteiger partial charge in [-0.2, -0.15) is 5.26 Å². The molecule has 8 heteroatoms. The van der Waals surface area contributed by atoms with Crippen molar-refractivity contribution in [2.45, 2.75) is 17.0 Å². The SMILES string of the molecule is CCOC(=O)c1nnc(Sc2ccc(C#N)cc2F)o1. The fourth-order valence-corrected chi connectivity index (χ4v) is 1.96. The lowest BCUT2D eigenvalue weighted by molar-refractivity contribution is 0.0475. The van der Waals surface area contributed by atoms with Crippen LogP contribution in [0, 0.1) is 17.1 Å². The van der Waals surface area contributed by atoms with E-state index in [1.165, 1.54) is 12.1 Å². The molecule has 2 aromatic rings. The third kappa shape index (κ3) is 3.13. The van der Waals surface area contributed by atoms with E-state index in [2.05, 4.69) is 10.2 Å². The average molecular weight is 293 g/mol. The lowest BCUT2D eigenvalue weighted by atomic mass is 10.2. The number of benzene rings is 1. The molecule has 20 heavy (non-hydrogen) atoms. The van der Waals surface area contributed by atoms with Gasteiger partial charge in [0, 0.05) is 0 Å². The molecule has 0 aliphatic heterocycles. The number of rotatable bonds is 4. The second kappa shape index (κ2) is 6.16. The quantitative estimate of drug-likeness (QED) is 0.799. The van der Waals surface area contributed by atoms with Gasteiger partial charge in [-0.25, -0.2) is 9.18 Å². The van der Waals surface area contributed by atoms with Crippen LogP contribution in [0.4, 0.5) is 4.39 Å². The van der Waals surface area contributed by atoms with E-state index in [0.717, 1.165) is 17.8 Å². The minimum Gasteiger partial charge on any atom is -0.459 e. The number of nitriles is 1. The van der Waals surface area contributed by atoms with E-state index in [0.29, 0.717) is 0 Å². The first-order valence-corrected chi connectivity index (χ1v) is 6.33. The second-order valence-corrected chi connectivity index (χ2v) is 4.45. The Labute approximate surface area is 117 Å². The third-order valence-electron chi connectivity index (χ3n) is 2.11. The van der Waals surface area contributed by atoms with Gasteiger partial charge in [0.05, 0.1) is 23.1 Å². The van der Waals surface area contributed by atoms with Crippen molar-refractivity contribution in [2.24, 2.45) is 0 Å². The van der Waals surface area contributed by atoms with Crippen LogP contribution in [0.25, 0.3) is 0 Å². The van der Waals surface area contributed by atoms with Crippen molar-refractivity contribution in [1.29, 1.82) is 5.26 Å². The minimum absolute atomic E-state index is 0.0108. The monoisotopic (exact) mass is 293 g/mol. The molecule has 102 valence electrons. The molecule has 1 aromatic heterocycles. The first-order chi connectivity index (χ1) is 9.63. The number of nitrogens with zero attached hydrogens (tertiary/aromatic N) is 3. The zero-order valence-electron chi connectivity index (χ0n) is 10.3. The first kappa shape index (κ1) is 14.0. The molecule has 0 fully saturated rings. The van der Waals surface area contributed by atoms with E-state index in [4.69, 9.17) is 14.4 Å².